The van der Waals surface area contributed by atoms with Crippen molar-refractivity contribution in [3.63, 3.8) is 0 Å². The number of nitrogens with two attached hydrogens (primary N) is 1. The van der Waals surface area contributed by atoms with Crippen molar-refractivity contribution in [1.29, 1.82) is 0 Å². The maximum atomic E-state index is 6.37. The summed E-state index contributed by atoms with van der Waals surface area (Å²) < 4.78 is 6.39. The van der Waals surface area contributed by atoms with Gasteiger partial charge in [-0.25, -0.2) is 0 Å². The lowest BCUT2D eigenvalue weighted by Gasteiger charge is -2.19. The Hall–Kier alpha value is -1.39. The van der Waals surface area contributed by atoms with Crippen molar-refractivity contribution in [2.75, 3.05) is 7.11 Å². The van der Waals surface area contributed by atoms with Gasteiger partial charge in [-0.3, -0.25) is 4.98 Å². The first-order chi connectivity index (χ1) is 9.02. The Kier molecular flexibility index (Phi) is 4.22. The molecule has 2 N–H and O–H groups in total. The lowest BCUT2D eigenvalue weighted by molar-refractivity contribution is 0.407. The van der Waals surface area contributed by atoms with E-state index in [1.165, 1.54) is 0 Å². The van der Waals surface area contributed by atoms with Crippen molar-refractivity contribution >= 4 is 15.9 Å². The van der Waals surface area contributed by atoms with Crippen molar-refractivity contribution in [3.05, 3.63) is 57.3 Å². The van der Waals surface area contributed by atoms with Gasteiger partial charge in [0.15, 0.2) is 0 Å². The largest absolute Gasteiger partial charge is 0.496 e. The molecule has 0 fully saturated rings. The van der Waals surface area contributed by atoms with E-state index in [4.69, 9.17) is 10.5 Å². The third-order valence-corrected chi connectivity index (χ3v) is 3.54. The molecule has 1 aromatic heterocycles. The van der Waals surface area contributed by atoms with Crippen LogP contribution in [0.5, 0.6) is 5.75 Å². The molecule has 1 aromatic carbocycles. The number of ether oxygens (including phenoxy) is 1. The van der Waals surface area contributed by atoms with E-state index in [1.807, 2.05) is 19.1 Å². The maximum absolute atomic E-state index is 6.37. The molecule has 0 aliphatic carbocycles. The standard InChI is InChI=1S/C15H17BrN2O/c1-9-4-10(2)14(13(5-9)19-3)15(17)11-6-12(16)8-18-7-11/h4-8,15H,17H2,1-3H3. The summed E-state index contributed by atoms with van der Waals surface area (Å²) in [4.78, 5) is 4.17. The second-order valence-corrected chi connectivity index (χ2v) is 5.53. The number of halogens is 1. The van der Waals surface area contributed by atoms with Crippen LogP contribution in [0.25, 0.3) is 0 Å². The van der Waals surface area contributed by atoms with Crippen molar-refractivity contribution in [1.82, 2.24) is 4.98 Å². The summed E-state index contributed by atoms with van der Waals surface area (Å²) >= 11 is 3.42. The van der Waals surface area contributed by atoms with Gasteiger partial charge in [-0.15, -0.1) is 0 Å². The highest BCUT2D eigenvalue weighted by Gasteiger charge is 2.17. The van der Waals surface area contributed by atoms with E-state index < -0.39 is 0 Å². The summed E-state index contributed by atoms with van der Waals surface area (Å²) in [6.45, 7) is 4.10. The molecule has 0 aliphatic heterocycles. The smallest absolute Gasteiger partial charge is 0.124 e. The molecule has 1 atom stereocenters. The molecule has 0 radical (unpaired) electrons. The predicted octanol–water partition coefficient (Wildman–Crippen LogP) is 3.52. The lowest BCUT2D eigenvalue weighted by Crippen LogP contribution is -2.15. The van der Waals surface area contributed by atoms with Gasteiger partial charge in [0.1, 0.15) is 5.75 Å². The van der Waals surface area contributed by atoms with Crippen LogP contribution >= 0.6 is 15.9 Å². The first-order valence-corrected chi connectivity index (χ1v) is 6.83. The first-order valence-electron chi connectivity index (χ1n) is 6.04. The molecule has 0 bridgehead atoms. The zero-order valence-corrected chi connectivity index (χ0v) is 12.9. The molecule has 100 valence electrons. The fourth-order valence-corrected chi connectivity index (χ4v) is 2.65. The van der Waals surface area contributed by atoms with Gasteiger partial charge in [0.05, 0.1) is 13.2 Å². The van der Waals surface area contributed by atoms with Crippen LogP contribution in [-0.2, 0) is 0 Å². The fraction of sp³-hybridized carbons (Fsp3) is 0.267. The van der Waals surface area contributed by atoms with E-state index in [-0.39, 0.29) is 6.04 Å². The Balaban J connectivity index is 2.52. The number of rotatable bonds is 3. The fourth-order valence-electron chi connectivity index (χ4n) is 2.27. The first kappa shape index (κ1) is 14.0. The monoisotopic (exact) mass is 320 g/mol. The molecular weight excluding hydrogens is 304 g/mol. The number of aromatic nitrogens is 1. The minimum Gasteiger partial charge on any atom is -0.496 e. The van der Waals surface area contributed by atoms with Crippen LogP contribution in [0.1, 0.15) is 28.3 Å². The molecule has 19 heavy (non-hydrogen) atoms. The van der Waals surface area contributed by atoms with Crippen LogP contribution < -0.4 is 10.5 Å². The van der Waals surface area contributed by atoms with E-state index in [1.54, 1.807) is 19.5 Å². The number of pyridine rings is 1. The zero-order chi connectivity index (χ0) is 14.0. The van der Waals surface area contributed by atoms with Crippen LogP contribution in [0.3, 0.4) is 0 Å². The highest BCUT2D eigenvalue weighted by atomic mass is 79.9. The highest BCUT2D eigenvalue weighted by molar-refractivity contribution is 9.10. The molecule has 4 heteroatoms. The summed E-state index contributed by atoms with van der Waals surface area (Å²) in [6, 6.07) is 5.85. The summed E-state index contributed by atoms with van der Waals surface area (Å²) in [6.07, 6.45) is 3.53. The molecule has 0 saturated carbocycles. The Labute approximate surface area is 121 Å². The van der Waals surface area contributed by atoms with Gasteiger partial charge in [-0.2, -0.15) is 0 Å². The average Bonchev–Trinajstić information content (AvgIpc) is 2.37. The summed E-state index contributed by atoms with van der Waals surface area (Å²) in [5, 5.41) is 0. The molecule has 0 spiro atoms. The number of methoxy groups -OCH3 is 1. The minimum atomic E-state index is -0.249. The Bertz CT molecular complexity index is 599. The number of hydrogen-bond acceptors (Lipinski definition) is 3. The van der Waals surface area contributed by atoms with E-state index in [2.05, 4.69) is 33.9 Å². The van der Waals surface area contributed by atoms with E-state index >= 15 is 0 Å². The molecule has 1 unspecified atom stereocenters. The van der Waals surface area contributed by atoms with Gasteiger partial charge >= 0.3 is 0 Å². The molecule has 2 rings (SSSR count). The summed E-state index contributed by atoms with van der Waals surface area (Å²) in [5.74, 6) is 0.824. The molecule has 0 saturated heterocycles. The highest BCUT2D eigenvalue weighted by Crippen LogP contribution is 2.32. The van der Waals surface area contributed by atoms with E-state index in [0.717, 1.165) is 32.5 Å². The predicted molar refractivity (Wildman–Crippen MR) is 80.4 cm³/mol. The molecular formula is C15H17BrN2O. The van der Waals surface area contributed by atoms with Crippen molar-refractivity contribution < 1.29 is 4.74 Å². The van der Waals surface area contributed by atoms with Gasteiger partial charge in [0.25, 0.3) is 0 Å². The van der Waals surface area contributed by atoms with Crippen LogP contribution in [0.15, 0.2) is 35.1 Å². The normalized spacial score (nSPS) is 12.3. The third-order valence-electron chi connectivity index (χ3n) is 3.11. The lowest BCUT2D eigenvalue weighted by atomic mass is 9.94. The van der Waals surface area contributed by atoms with Crippen molar-refractivity contribution in [2.24, 2.45) is 5.73 Å². The van der Waals surface area contributed by atoms with E-state index in [9.17, 15) is 0 Å². The number of aryl methyl sites for hydroxylation is 2. The Morgan fingerprint density at radius 3 is 2.58 bits per heavy atom. The topological polar surface area (TPSA) is 48.1 Å². The SMILES string of the molecule is COc1cc(C)cc(C)c1C(N)c1cncc(Br)c1. The van der Waals surface area contributed by atoms with Gasteiger partial charge < -0.3 is 10.5 Å². The van der Waals surface area contributed by atoms with Crippen molar-refractivity contribution in [3.8, 4) is 5.75 Å². The quantitative estimate of drug-likeness (QED) is 0.941. The van der Waals surface area contributed by atoms with Crippen molar-refractivity contribution in [2.45, 2.75) is 19.9 Å². The molecule has 3 nitrogen and oxygen atoms in total. The molecule has 0 aliphatic rings. The molecule has 1 heterocycles. The minimum absolute atomic E-state index is 0.249. The van der Waals surface area contributed by atoms with E-state index in [0.29, 0.717) is 0 Å². The Morgan fingerprint density at radius 2 is 1.95 bits per heavy atom. The summed E-state index contributed by atoms with van der Waals surface area (Å²) in [5.41, 5.74) is 10.6. The zero-order valence-electron chi connectivity index (χ0n) is 11.3. The number of nitrogens with zero attached hydrogens (tertiary/aromatic N) is 1. The Morgan fingerprint density at radius 1 is 1.21 bits per heavy atom. The molecule has 2 aromatic rings. The number of benzene rings is 1. The maximum Gasteiger partial charge on any atom is 0.124 e. The van der Waals surface area contributed by atoms with Gasteiger partial charge in [0.2, 0.25) is 0 Å². The van der Waals surface area contributed by atoms with Crippen LogP contribution in [0.2, 0.25) is 0 Å². The van der Waals surface area contributed by atoms with Crippen LogP contribution in [0.4, 0.5) is 0 Å². The van der Waals surface area contributed by atoms with Crippen LogP contribution in [0, 0.1) is 13.8 Å². The molecule has 0 amide bonds. The van der Waals surface area contributed by atoms with Gasteiger partial charge in [0, 0.05) is 22.4 Å². The van der Waals surface area contributed by atoms with Gasteiger partial charge in [-0.1, -0.05) is 6.07 Å². The van der Waals surface area contributed by atoms with Gasteiger partial charge in [-0.05, 0) is 58.6 Å². The second kappa shape index (κ2) is 5.72. The average molecular weight is 321 g/mol. The number of hydrogen-bond donors (Lipinski definition) is 1. The second-order valence-electron chi connectivity index (χ2n) is 4.61. The van der Waals surface area contributed by atoms with Crippen LogP contribution in [-0.4, -0.2) is 12.1 Å². The third kappa shape index (κ3) is 2.96. The summed E-state index contributed by atoms with van der Waals surface area (Å²) in [7, 11) is 1.67.